The van der Waals surface area contributed by atoms with Gasteiger partial charge in [-0.1, -0.05) is 30.7 Å². The Hall–Kier alpha value is -1.74. The molecule has 4 heteroatoms. The normalized spacial score (nSPS) is 12.0. The van der Waals surface area contributed by atoms with Gasteiger partial charge in [-0.3, -0.25) is 0 Å². The van der Waals surface area contributed by atoms with Gasteiger partial charge >= 0.3 is 0 Å². The van der Waals surface area contributed by atoms with Crippen LogP contribution < -0.4 is 9.47 Å². The van der Waals surface area contributed by atoms with Crippen molar-refractivity contribution in [2.45, 2.75) is 33.0 Å². The van der Waals surface area contributed by atoms with E-state index in [1.807, 2.05) is 13.0 Å². The third-order valence-corrected chi connectivity index (χ3v) is 3.42. The monoisotopic (exact) mass is 308 g/mol. The van der Waals surface area contributed by atoms with E-state index in [2.05, 4.69) is 6.92 Å². The third-order valence-electron chi connectivity index (χ3n) is 3.12. The van der Waals surface area contributed by atoms with Gasteiger partial charge in [0.25, 0.3) is 0 Å². The summed E-state index contributed by atoms with van der Waals surface area (Å²) in [6.07, 6.45) is 1.08. The summed E-state index contributed by atoms with van der Waals surface area (Å²) in [5, 5.41) is 0.498. The summed E-state index contributed by atoms with van der Waals surface area (Å²) in [5.41, 5.74) is 0.882. The fraction of sp³-hybridized carbons (Fsp3) is 0.294. The molecule has 2 rings (SSSR count). The van der Waals surface area contributed by atoms with Gasteiger partial charge in [0.1, 0.15) is 23.9 Å². The maximum atomic E-state index is 12.8. The molecule has 0 N–H and O–H groups in total. The Kier molecular flexibility index (Phi) is 5.45. The molecule has 2 nitrogen and oxygen atoms in total. The number of benzene rings is 2. The first-order valence-corrected chi connectivity index (χ1v) is 7.29. The van der Waals surface area contributed by atoms with Crippen LogP contribution in [0.25, 0.3) is 0 Å². The van der Waals surface area contributed by atoms with E-state index in [0.29, 0.717) is 17.4 Å². The van der Waals surface area contributed by atoms with E-state index in [4.69, 9.17) is 21.1 Å². The molecule has 0 spiro atoms. The lowest BCUT2D eigenvalue weighted by molar-refractivity contribution is 0.217. The SMILES string of the molecule is CCC(C)Oc1ccc(OCc2ccc(F)cc2)c(Cl)c1. The molecule has 0 aliphatic carbocycles. The highest BCUT2D eigenvalue weighted by Crippen LogP contribution is 2.30. The fourth-order valence-electron chi connectivity index (χ4n) is 1.73. The van der Waals surface area contributed by atoms with E-state index in [0.717, 1.165) is 17.7 Å². The van der Waals surface area contributed by atoms with Gasteiger partial charge in [-0.25, -0.2) is 4.39 Å². The smallest absolute Gasteiger partial charge is 0.138 e. The van der Waals surface area contributed by atoms with Crippen LogP contribution in [-0.4, -0.2) is 6.10 Å². The molecule has 0 radical (unpaired) electrons. The first kappa shape index (κ1) is 15.6. The van der Waals surface area contributed by atoms with Gasteiger partial charge in [-0.05, 0) is 43.2 Å². The fourth-order valence-corrected chi connectivity index (χ4v) is 1.95. The van der Waals surface area contributed by atoms with Gasteiger partial charge in [-0.15, -0.1) is 0 Å². The number of rotatable bonds is 6. The molecule has 0 amide bonds. The molecule has 2 aromatic rings. The molecule has 0 fully saturated rings. The van der Waals surface area contributed by atoms with Crippen molar-refractivity contribution in [1.82, 2.24) is 0 Å². The number of hydrogen-bond donors (Lipinski definition) is 0. The van der Waals surface area contributed by atoms with Gasteiger partial charge in [0.2, 0.25) is 0 Å². The van der Waals surface area contributed by atoms with Gasteiger partial charge < -0.3 is 9.47 Å². The summed E-state index contributed by atoms with van der Waals surface area (Å²) in [6.45, 7) is 4.41. The third kappa shape index (κ3) is 4.64. The molecule has 0 bridgehead atoms. The Morgan fingerprint density at radius 1 is 1.14 bits per heavy atom. The van der Waals surface area contributed by atoms with Crippen LogP contribution in [0.4, 0.5) is 4.39 Å². The molecule has 21 heavy (non-hydrogen) atoms. The molecule has 0 aromatic heterocycles. The van der Waals surface area contributed by atoms with Crippen molar-refractivity contribution in [3.63, 3.8) is 0 Å². The van der Waals surface area contributed by atoms with Crippen LogP contribution in [-0.2, 0) is 6.61 Å². The molecule has 1 atom stereocenters. The molecular weight excluding hydrogens is 291 g/mol. The molecule has 1 unspecified atom stereocenters. The van der Waals surface area contributed by atoms with Crippen LogP contribution in [0.2, 0.25) is 5.02 Å². The summed E-state index contributed by atoms with van der Waals surface area (Å²) in [7, 11) is 0. The van der Waals surface area contributed by atoms with Crippen LogP contribution >= 0.6 is 11.6 Å². The van der Waals surface area contributed by atoms with Crippen molar-refractivity contribution in [3.05, 3.63) is 58.9 Å². The zero-order valence-corrected chi connectivity index (χ0v) is 12.9. The van der Waals surface area contributed by atoms with Gasteiger partial charge in [0.05, 0.1) is 11.1 Å². The lowest BCUT2D eigenvalue weighted by atomic mass is 10.2. The van der Waals surface area contributed by atoms with E-state index in [1.54, 1.807) is 24.3 Å². The Labute approximate surface area is 129 Å². The van der Waals surface area contributed by atoms with Gasteiger partial charge in [0.15, 0.2) is 0 Å². The molecule has 0 saturated heterocycles. The van der Waals surface area contributed by atoms with Crippen molar-refractivity contribution in [1.29, 1.82) is 0 Å². The highest BCUT2D eigenvalue weighted by atomic mass is 35.5. The highest BCUT2D eigenvalue weighted by molar-refractivity contribution is 6.32. The second kappa shape index (κ2) is 7.32. The minimum atomic E-state index is -0.261. The summed E-state index contributed by atoms with van der Waals surface area (Å²) >= 11 is 6.18. The summed E-state index contributed by atoms with van der Waals surface area (Å²) in [5.74, 6) is 1.05. The quantitative estimate of drug-likeness (QED) is 0.727. The molecule has 2 aromatic carbocycles. The zero-order valence-electron chi connectivity index (χ0n) is 12.1. The van der Waals surface area contributed by atoms with Crippen LogP contribution in [0.15, 0.2) is 42.5 Å². The van der Waals surface area contributed by atoms with Crippen LogP contribution in [0, 0.1) is 5.82 Å². The molecule has 0 saturated carbocycles. The van der Waals surface area contributed by atoms with Crippen LogP contribution in [0.1, 0.15) is 25.8 Å². The van der Waals surface area contributed by atoms with Crippen molar-refractivity contribution in [2.24, 2.45) is 0 Å². The standard InChI is InChI=1S/C17H18ClFO2/c1-3-12(2)21-15-8-9-17(16(18)10-15)20-11-13-4-6-14(19)7-5-13/h4-10,12H,3,11H2,1-2H3. The summed E-state index contributed by atoms with van der Waals surface area (Å²) < 4.78 is 24.1. The van der Waals surface area contributed by atoms with E-state index >= 15 is 0 Å². The zero-order chi connectivity index (χ0) is 15.2. The number of ether oxygens (including phenoxy) is 2. The minimum absolute atomic E-state index is 0.145. The predicted molar refractivity (Wildman–Crippen MR) is 82.6 cm³/mol. The summed E-state index contributed by atoms with van der Waals surface area (Å²) in [4.78, 5) is 0. The maximum absolute atomic E-state index is 12.8. The average molecular weight is 309 g/mol. The van der Waals surface area contributed by atoms with Crippen LogP contribution in [0.5, 0.6) is 11.5 Å². The second-order valence-electron chi connectivity index (χ2n) is 4.84. The topological polar surface area (TPSA) is 18.5 Å². The van der Waals surface area contributed by atoms with E-state index in [9.17, 15) is 4.39 Å². The van der Waals surface area contributed by atoms with Crippen molar-refractivity contribution >= 4 is 11.6 Å². The molecular formula is C17H18ClFO2. The summed E-state index contributed by atoms with van der Waals surface area (Å²) in [6, 6.07) is 11.5. The number of hydrogen-bond acceptors (Lipinski definition) is 2. The van der Waals surface area contributed by atoms with Gasteiger partial charge in [-0.2, -0.15) is 0 Å². The Balaban J connectivity index is 1.99. The second-order valence-corrected chi connectivity index (χ2v) is 5.25. The van der Waals surface area contributed by atoms with Crippen LogP contribution in [0.3, 0.4) is 0 Å². The van der Waals surface area contributed by atoms with Crippen molar-refractivity contribution in [2.75, 3.05) is 0 Å². The maximum Gasteiger partial charge on any atom is 0.138 e. The molecule has 0 aliphatic heterocycles. The first-order valence-electron chi connectivity index (χ1n) is 6.92. The lowest BCUT2D eigenvalue weighted by Crippen LogP contribution is -2.09. The van der Waals surface area contributed by atoms with E-state index in [1.165, 1.54) is 12.1 Å². The average Bonchev–Trinajstić information content (AvgIpc) is 2.48. The molecule has 0 aliphatic rings. The Morgan fingerprint density at radius 2 is 1.86 bits per heavy atom. The largest absolute Gasteiger partial charge is 0.491 e. The minimum Gasteiger partial charge on any atom is -0.491 e. The van der Waals surface area contributed by atoms with E-state index < -0.39 is 0 Å². The number of halogens is 2. The van der Waals surface area contributed by atoms with Gasteiger partial charge in [0, 0.05) is 6.07 Å². The van der Waals surface area contributed by atoms with Crippen molar-refractivity contribution in [3.8, 4) is 11.5 Å². The Morgan fingerprint density at radius 3 is 2.48 bits per heavy atom. The Bertz CT molecular complexity index is 584. The highest BCUT2D eigenvalue weighted by Gasteiger charge is 2.07. The van der Waals surface area contributed by atoms with Crippen molar-refractivity contribution < 1.29 is 13.9 Å². The lowest BCUT2D eigenvalue weighted by Gasteiger charge is -2.14. The molecule has 112 valence electrons. The van der Waals surface area contributed by atoms with E-state index in [-0.39, 0.29) is 11.9 Å². The molecule has 0 heterocycles. The predicted octanol–water partition coefficient (Wildman–Crippen LogP) is 5.24. The first-order chi connectivity index (χ1) is 10.1.